The van der Waals surface area contributed by atoms with Crippen molar-refractivity contribution in [2.24, 2.45) is 0 Å². The fraction of sp³-hybridized carbons (Fsp3) is 0.167. The first-order chi connectivity index (χ1) is 9.30. The fourth-order valence-electron chi connectivity index (χ4n) is 1.59. The van der Waals surface area contributed by atoms with E-state index in [9.17, 15) is 8.42 Å². The van der Waals surface area contributed by atoms with E-state index in [1.54, 1.807) is 31.3 Å². The quantitative estimate of drug-likeness (QED) is 0.662. The first kappa shape index (κ1) is 16.5. The predicted molar refractivity (Wildman–Crippen MR) is 89.8 cm³/mol. The maximum atomic E-state index is 12.5. The van der Waals surface area contributed by atoms with Crippen molar-refractivity contribution < 1.29 is 8.42 Å². The molecule has 0 aliphatic carbocycles. The zero-order chi connectivity index (χ0) is 14.9. The number of sulfonamides is 1. The Morgan fingerprint density at radius 3 is 2.50 bits per heavy atom. The van der Waals surface area contributed by atoms with E-state index in [1.165, 1.54) is 15.6 Å². The predicted octanol–water partition coefficient (Wildman–Crippen LogP) is 4.75. The van der Waals surface area contributed by atoms with Crippen molar-refractivity contribution in [3.63, 3.8) is 0 Å². The molecule has 0 atom stereocenters. The molecule has 0 N–H and O–H groups in total. The smallest absolute Gasteiger partial charge is 0.207 e. The van der Waals surface area contributed by atoms with E-state index in [1.807, 2.05) is 6.07 Å². The summed E-state index contributed by atoms with van der Waals surface area (Å²) in [7, 11) is -1.99. The minimum atomic E-state index is -3.55. The van der Waals surface area contributed by atoms with Gasteiger partial charge in [0.2, 0.25) is 10.0 Å². The Kier molecular flexibility index (Phi) is 5.31. The summed E-state index contributed by atoms with van der Waals surface area (Å²) in [6.45, 7) is 0.294. The van der Waals surface area contributed by atoms with Gasteiger partial charge >= 0.3 is 0 Å². The Bertz CT molecular complexity index is 731. The first-order valence-electron chi connectivity index (χ1n) is 5.46. The monoisotopic (exact) mass is 457 g/mol. The van der Waals surface area contributed by atoms with Crippen molar-refractivity contribution in [2.45, 2.75) is 11.4 Å². The number of rotatable bonds is 4. The summed E-state index contributed by atoms with van der Waals surface area (Å²) in [6, 6.07) is 8.57. The minimum Gasteiger partial charge on any atom is -0.207 e. The molecule has 2 rings (SSSR count). The second kappa shape index (κ2) is 6.46. The molecule has 0 aliphatic rings. The molecule has 0 unspecified atom stereocenters. The molecular formula is C12H10Br2ClNO2S2. The van der Waals surface area contributed by atoms with Crippen LogP contribution in [-0.2, 0) is 16.6 Å². The molecule has 1 heterocycles. The van der Waals surface area contributed by atoms with Crippen LogP contribution in [0.1, 0.15) is 4.88 Å². The van der Waals surface area contributed by atoms with Gasteiger partial charge in [-0.25, -0.2) is 8.42 Å². The van der Waals surface area contributed by atoms with Crippen LogP contribution in [0.15, 0.2) is 44.2 Å². The summed E-state index contributed by atoms with van der Waals surface area (Å²) in [5, 5.41) is 0. The van der Waals surface area contributed by atoms with Crippen LogP contribution in [0.4, 0.5) is 0 Å². The third-order valence-electron chi connectivity index (χ3n) is 2.59. The molecule has 1 aromatic heterocycles. The van der Waals surface area contributed by atoms with E-state index in [-0.39, 0.29) is 4.90 Å². The number of thiophene rings is 1. The molecule has 3 nitrogen and oxygen atoms in total. The van der Waals surface area contributed by atoms with Crippen molar-refractivity contribution in [1.29, 1.82) is 0 Å². The molecule has 20 heavy (non-hydrogen) atoms. The van der Waals surface area contributed by atoms with Crippen LogP contribution in [0.3, 0.4) is 0 Å². The van der Waals surface area contributed by atoms with Gasteiger partial charge in [0.25, 0.3) is 0 Å². The van der Waals surface area contributed by atoms with Crippen LogP contribution in [-0.4, -0.2) is 19.8 Å². The molecule has 0 saturated carbocycles. The van der Waals surface area contributed by atoms with E-state index >= 15 is 0 Å². The van der Waals surface area contributed by atoms with Gasteiger partial charge in [0.1, 0.15) is 0 Å². The summed E-state index contributed by atoms with van der Waals surface area (Å²) in [5.41, 5.74) is 0. The van der Waals surface area contributed by atoms with E-state index < -0.39 is 10.0 Å². The van der Waals surface area contributed by atoms with Gasteiger partial charge in [-0.3, -0.25) is 0 Å². The largest absolute Gasteiger partial charge is 0.244 e. The van der Waals surface area contributed by atoms with Crippen LogP contribution >= 0.6 is 54.8 Å². The lowest BCUT2D eigenvalue weighted by Crippen LogP contribution is -2.26. The van der Waals surface area contributed by atoms with Crippen LogP contribution in [0.2, 0.25) is 4.34 Å². The van der Waals surface area contributed by atoms with Crippen LogP contribution in [0.5, 0.6) is 0 Å². The Hall–Kier alpha value is 0.0800. The summed E-state index contributed by atoms with van der Waals surface area (Å²) in [4.78, 5) is 1.14. The van der Waals surface area contributed by atoms with Gasteiger partial charge < -0.3 is 0 Å². The average Bonchev–Trinajstić information content (AvgIpc) is 2.74. The summed E-state index contributed by atoms with van der Waals surface area (Å²) in [5.74, 6) is 0. The van der Waals surface area contributed by atoms with Gasteiger partial charge in [0.15, 0.2) is 0 Å². The lowest BCUT2D eigenvalue weighted by molar-refractivity contribution is 0.469. The molecular weight excluding hydrogens is 450 g/mol. The minimum absolute atomic E-state index is 0.242. The van der Waals surface area contributed by atoms with E-state index in [0.717, 1.165) is 9.35 Å². The average molecular weight is 460 g/mol. The van der Waals surface area contributed by atoms with Gasteiger partial charge in [0.05, 0.1) is 9.23 Å². The van der Waals surface area contributed by atoms with Gasteiger partial charge in [-0.15, -0.1) is 11.3 Å². The third kappa shape index (κ3) is 3.64. The molecule has 0 radical (unpaired) electrons. The number of hydrogen-bond donors (Lipinski definition) is 0. The second-order valence-corrected chi connectivity index (χ2v) is 9.62. The SMILES string of the molecule is CN(Cc1ccc(Cl)s1)S(=O)(=O)c1ccc(Br)cc1Br. The lowest BCUT2D eigenvalue weighted by Gasteiger charge is -2.17. The van der Waals surface area contributed by atoms with Crippen molar-refractivity contribution in [1.82, 2.24) is 4.31 Å². The fourth-order valence-corrected chi connectivity index (χ4v) is 5.67. The molecule has 8 heteroatoms. The van der Waals surface area contributed by atoms with E-state index in [4.69, 9.17) is 11.6 Å². The Labute approximate surface area is 143 Å². The second-order valence-electron chi connectivity index (χ2n) is 4.04. The highest BCUT2D eigenvalue weighted by Gasteiger charge is 2.23. The van der Waals surface area contributed by atoms with Crippen molar-refractivity contribution in [2.75, 3.05) is 7.05 Å². The van der Waals surface area contributed by atoms with Gasteiger partial charge in [-0.05, 0) is 46.3 Å². The Morgan fingerprint density at radius 2 is 1.95 bits per heavy atom. The standard InChI is InChI=1S/C12H10Br2ClNO2S2/c1-16(7-9-3-5-12(15)19-9)20(17,18)11-4-2-8(13)6-10(11)14/h2-6H,7H2,1H3. The van der Waals surface area contributed by atoms with Crippen molar-refractivity contribution in [3.8, 4) is 0 Å². The summed E-state index contributed by atoms with van der Waals surface area (Å²) >= 11 is 13.8. The van der Waals surface area contributed by atoms with Gasteiger partial charge in [-0.1, -0.05) is 27.5 Å². The molecule has 0 fully saturated rings. The van der Waals surface area contributed by atoms with Crippen molar-refractivity contribution in [3.05, 3.63) is 48.5 Å². The molecule has 2 aromatic rings. The number of benzene rings is 1. The lowest BCUT2D eigenvalue weighted by atomic mass is 10.4. The molecule has 0 aliphatic heterocycles. The molecule has 0 bridgehead atoms. The van der Waals surface area contributed by atoms with E-state index in [0.29, 0.717) is 15.4 Å². The zero-order valence-corrected chi connectivity index (χ0v) is 15.9. The molecule has 0 amide bonds. The van der Waals surface area contributed by atoms with E-state index in [2.05, 4.69) is 31.9 Å². The van der Waals surface area contributed by atoms with Crippen LogP contribution in [0, 0.1) is 0 Å². The Morgan fingerprint density at radius 1 is 1.25 bits per heavy atom. The summed E-state index contributed by atoms with van der Waals surface area (Å²) < 4.78 is 28.4. The van der Waals surface area contributed by atoms with Gasteiger partial charge in [0, 0.05) is 27.4 Å². The zero-order valence-electron chi connectivity index (χ0n) is 10.3. The third-order valence-corrected chi connectivity index (χ3v) is 7.08. The van der Waals surface area contributed by atoms with Crippen LogP contribution < -0.4 is 0 Å². The molecule has 108 valence electrons. The maximum Gasteiger partial charge on any atom is 0.244 e. The highest BCUT2D eigenvalue weighted by atomic mass is 79.9. The van der Waals surface area contributed by atoms with Crippen molar-refractivity contribution >= 4 is 64.8 Å². The Balaban J connectivity index is 2.29. The van der Waals surface area contributed by atoms with Crippen LogP contribution in [0.25, 0.3) is 0 Å². The number of halogens is 3. The molecule has 1 aromatic carbocycles. The molecule has 0 saturated heterocycles. The first-order valence-corrected chi connectivity index (χ1v) is 9.68. The normalized spacial score (nSPS) is 12.1. The summed E-state index contributed by atoms with van der Waals surface area (Å²) in [6.07, 6.45) is 0. The maximum absolute atomic E-state index is 12.5. The number of hydrogen-bond acceptors (Lipinski definition) is 3. The van der Waals surface area contributed by atoms with Gasteiger partial charge in [-0.2, -0.15) is 4.31 Å². The topological polar surface area (TPSA) is 37.4 Å². The number of nitrogens with zero attached hydrogens (tertiary/aromatic N) is 1. The molecule has 0 spiro atoms. The highest BCUT2D eigenvalue weighted by Crippen LogP contribution is 2.29. The highest BCUT2D eigenvalue weighted by molar-refractivity contribution is 9.11.